The number of allylic oxidation sites excluding steroid dienone is 2. The molecule has 0 N–H and O–H groups in total. The van der Waals surface area contributed by atoms with E-state index < -0.39 is 0 Å². The summed E-state index contributed by atoms with van der Waals surface area (Å²) < 4.78 is 0. The van der Waals surface area contributed by atoms with E-state index >= 15 is 0 Å². The number of nitriles is 1. The van der Waals surface area contributed by atoms with E-state index in [-0.39, 0.29) is 6.03 Å². The highest BCUT2D eigenvalue weighted by atomic mass is 35.5. The molecule has 8 nitrogen and oxygen atoms in total. The van der Waals surface area contributed by atoms with Crippen molar-refractivity contribution in [1.29, 1.82) is 5.26 Å². The van der Waals surface area contributed by atoms with Gasteiger partial charge in [-0.25, -0.2) is 4.79 Å². The molecule has 1 aliphatic carbocycles. The minimum atomic E-state index is 0.262. The zero-order valence-electron chi connectivity index (χ0n) is 18.1. The Bertz CT molecular complexity index is 895. The van der Waals surface area contributed by atoms with Crippen molar-refractivity contribution in [1.82, 2.24) is 19.8 Å². The van der Waals surface area contributed by atoms with Crippen LogP contribution < -0.4 is 4.90 Å². The van der Waals surface area contributed by atoms with Crippen LogP contribution in [0.15, 0.2) is 43.1 Å². The topological polar surface area (TPSA) is 75.9 Å². The number of rotatable bonds is 3. The van der Waals surface area contributed by atoms with E-state index in [1.807, 2.05) is 12.3 Å². The molecule has 0 bridgehead atoms. The average molecular weight is 457 g/mol. The van der Waals surface area contributed by atoms with Crippen molar-refractivity contribution in [2.24, 2.45) is 0 Å². The predicted octanol–water partition coefficient (Wildman–Crippen LogP) is 4.13. The van der Waals surface area contributed by atoms with Crippen LogP contribution in [0.3, 0.4) is 0 Å². The molecule has 32 heavy (non-hydrogen) atoms. The normalized spacial score (nSPS) is 23.1. The van der Waals surface area contributed by atoms with Gasteiger partial charge in [-0.05, 0) is 43.9 Å². The van der Waals surface area contributed by atoms with E-state index in [2.05, 4.69) is 24.5 Å². The number of hydrogen-bond donors (Lipinski definition) is 0. The van der Waals surface area contributed by atoms with Crippen molar-refractivity contribution >= 4 is 23.3 Å². The van der Waals surface area contributed by atoms with E-state index in [0.29, 0.717) is 17.1 Å². The molecule has 170 valence electrons. The Kier molecular flexibility index (Phi) is 7.38. The molecule has 4 aliphatic rings. The van der Waals surface area contributed by atoms with Crippen LogP contribution >= 0.6 is 11.6 Å². The number of hydroxylamine groups is 2. The number of anilines is 1. The maximum Gasteiger partial charge on any atom is 0.320 e. The molecule has 2 amide bonds. The fourth-order valence-corrected chi connectivity index (χ4v) is 5.02. The van der Waals surface area contributed by atoms with Gasteiger partial charge < -0.3 is 19.5 Å². The third-order valence-electron chi connectivity index (χ3n) is 6.42. The van der Waals surface area contributed by atoms with Gasteiger partial charge in [0.25, 0.3) is 0 Å². The summed E-state index contributed by atoms with van der Waals surface area (Å²) in [5, 5.41) is 9.88. The van der Waals surface area contributed by atoms with E-state index in [1.165, 1.54) is 38.1 Å². The zero-order chi connectivity index (χ0) is 22.3. The van der Waals surface area contributed by atoms with Crippen LogP contribution in [-0.2, 0) is 4.84 Å². The summed E-state index contributed by atoms with van der Waals surface area (Å²) >= 11 is 6.08. The summed E-state index contributed by atoms with van der Waals surface area (Å²) in [5.74, 6) is 0. The second kappa shape index (κ2) is 10.6. The van der Waals surface area contributed by atoms with Crippen LogP contribution in [0.4, 0.5) is 10.5 Å². The molecule has 0 spiro atoms. The van der Waals surface area contributed by atoms with Gasteiger partial charge in [0.05, 0.1) is 29.1 Å². The van der Waals surface area contributed by atoms with Crippen molar-refractivity contribution in [3.05, 3.63) is 48.1 Å². The highest BCUT2D eigenvalue weighted by Crippen LogP contribution is 2.30. The van der Waals surface area contributed by atoms with Gasteiger partial charge in [0.1, 0.15) is 6.26 Å². The Morgan fingerprint density at radius 3 is 2.44 bits per heavy atom. The van der Waals surface area contributed by atoms with Gasteiger partial charge >= 0.3 is 6.03 Å². The molecule has 5 rings (SSSR count). The Hall–Kier alpha value is -2.92. The molecular weight excluding hydrogens is 428 g/mol. The molecular formula is C23H29ClN6O2. The van der Waals surface area contributed by atoms with Gasteiger partial charge in [0.2, 0.25) is 6.19 Å². The lowest BCUT2D eigenvalue weighted by Crippen LogP contribution is -2.50. The average Bonchev–Trinajstić information content (AvgIpc) is 3.50. The molecule has 1 aromatic heterocycles. The third kappa shape index (κ3) is 5.28. The molecule has 2 saturated heterocycles. The molecule has 1 saturated carbocycles. The Morgan fingerprint density at radius 1 is 1.03 bits per heavy atom. The first-order valence-electron chi connectivity index (χ1n) is 11.3. The van der Waals surface area contributed by atoms with Gasteiger partial charge in [0.15, 0.2) is 0 Å². The largest absolute Gasteiger partial charge is 0.374 e. The van der Waals surface area contributed by atoms with Crippen LogP contribution in [0.1, 0.15) is 38.5 Å². The van der Waals surface area contributed by atoms with E-state index in [0.717, 1.165) is 49.8 Å². The van der Waals surface area contributed by atoms with Crippen molar-refractivity contribution in [2.45, 2.75) is 50.6 Å². The molecule has 0 aromatic carbocycles. The molecule has 3 aliphatic heterocycles. The number of urea groups is 1. The maximum absolute atomic E-state index is 12.9. The lowest BCUT2D eigenvalue weighted by molar-refractivity contribution is -0.00263. The maximum atomic E-state index is 12.9. The minimum absolute atomic E-state index is 0.262. The van der Waals surface area contributed by atoms with Gasteiger partial charge in [-0.15, -0.1) is 5.06 Å². The van der Waals surface area contributed by atoms with Crippen molar-refractivity contribution in [2.75, 3.05) is 31.1 Å². The fraction of sp³-hybridized carbons (Fsp3) is 0.522. The van der Waals surface area contributed by atoms with Gasteiger partial charge in [0, 0.05) is 38.4 Å². The first-order valence-corrected chi connectivity index (χ1v) is 11.7. The standard InChI is InChI=1S/C18H25ClN4O.C5H4N2O/c19-14-10-17(12-20-11-14)21-7-3-6-16(13-21)23-9-8-22(18(23)24)15-4-1-2-5-15;6-5-7-3-1-2-4-8-7/h10-12,15-16H,1-9,13H2;1-4H. The number of amides is 2. The number of halogens is 1. The van der Waals surface area contributed by atoms with Gasteiger partial charge in [-0.3, -0.25) is 4.98 Å². The van der Waals surface area contributed by atoms with Crippen LogP contribution in [0, 0.1) is 11.5 Å². The molecule has 1 atom stereocenters. The number of carbonyl (C=O) groups is 1. The monoisotopic (exact) mass is 456 g/mol. The summed E-state index contributed by atoms with van der Waals surface area (Å²) in [5.41, 5.74) is 1.06. The lowest BCUT2D eigenvalue weighted by atomic mass is 10.0. The summed E-state index contributed by atoms with van der Waals surface area (Å²) in [6.45, 7) is 3.67. The highest BCUT2D eigenvalue weighted by Gasteiger charge is 2.39. The summed E-state index contributed by atoms with van der Waals surface area (Å²) in [4.78, 5) is 28.3. The molecule has 0 radical (unpaired) electrons. The molecule has 3 fully saturated rings. The summed E-state index contributed by atoms with van der Waals surface area (Å²) in [7, 11) is 0. The Balaban J connectivity index is 0.000000260. The Labute approximate surface area is 194 Å². The second-order valence-corrected chi connectivity index (χ2v) is 8.85. The number of nitrogens with zero attached hydrogens (tertiary/aromatic N) is 6. The van der Waals surface area contributed by atoms with Crippen molar-refractivity contribution < 1.29 is 9.63 Å². The quantitative estimate of drug-likeness (QED) is 0.636. The summed E-state index contributed by atoms with van der Waals surface area (Å²) in [6, 6.07) is 3.02. The summed E-state index contributed by atoms with van der Waals surface area (Å²) in [6.07, 6.45) is 18.8. The lowest BCUT2D eigenvalue weighted by Gasteiger charge is -2.38. The first kappa shape index (κ1) is 22.3. The van der Waals surface area contributed by atoms with E-state index in [4.69, 9.17) is 16.9 Å². The van der Waals surface area contributed by atoms with Gasteiger partial charge in [-0.2, -0.15) is 5.26 Å². The number of pyridine rings is 1. The molecule has 9 heteroatoms. The minimum Gasteiger partial charge on any atom is -0.374 e. The fourth-order valence-electron chi connectivity index (χ4n) is 4.85. The molecule has 4 heterocycles. The van der Waals surface area contributed by atoms with Crippen molar-refractivity contribution in [3.63, 3.8) is 0 Å². The smallest absolute Gasteiger partial charge is 0.320 e. The SMILES string of the molecule is N#CN1C=CC=CO1.O=C1N(C2CCCC2)CCN1C1CCCN(c2cncc(Cl)c2)C1. The van der Waals surface area contributed by atoms with Crippen LogP contribution in [0.25, 0.3) is 0 Å². The van der Waals surface area contributed by atoms with E-state index in [9.17, 15) is 4.79 Å². The number of carbonyl (C=O) groups excluding carboxylic acids is 1. The predicted molar refractivity (Wildman–Crippen MR) is 122 cm³/mol. The third-order valence-corrected chi connectivity index (χ3v) is 6.62. The van der Waals surface area contributed by atoms with Crippen LogP contribution in [-0.4, -0.2) is 64.1 Å². The molecule has 1 unspecified atom stereocenters. The molecule has 1 aromatic rings. The van der Waals surface area contributed by atoms with Gasteiger partial charge in [-0.1, -0.05) is 24.4 Å². The number of piperidine rings is 1. The Morgan fingerprint density at radius 2 is 1.78 bits per heavy atom. The van der Waals surface area contributed by atoms with Crippen molar-refractivity contribution in [3.8, 4) is 6.19 Å². The highest BCUT2D eigenvalue weighted by molar-refractivity contribution is 6.30. The zero-order valence-corrected chi connectivity index (χ0v) is 18.9. The van der Waals surface area contributed by atoms with Crippen LogP contribution in [0.5, 0.6) is 0 Å². The van der Waals surface area contributed by atoms with Crippen LogP contribution in [0.2, 0.25) is 5.02 Å². The number of hydrogen-bond acceptors (Lipinski definition) is 6. The second-order valence-electron chi connectivity index (χ2n) is 8.41. The number of aromatic nitrogens is 1. The van der Waals surface area contributed by atoms with E-state index in [1.54, 1.807) is 24.5 Å². The first-order chi connectivity index (χ1) is 15.7.